The van der Waals surface area contributed by atoms with Crippen LogP contribution in [0.15, 0.2) is 12.3 Å². The number of piperazine rings is 1. The van der Waals surface area contributed by atoms with E-state index in [2.05, 4.69) is 25.9 Å². The Kier molecular flexibility index (Phi) is 3.29. The van der Waals surface area contributed by atoms with Crippen LogP contribution in [0, 0.1) is 23.2 Å². The number of hydrogen-bond acceptors (Lipinski definition) is 5. The molecule has 144 valence electrons. The van der Waals surface area contributed by atoms with Gasteiger partial charge < -0.3 is 14.8 Å². The van der Waals surface area contributed by atoms with Crippen LogP contribution in [-0.4, -0.2) is 57.1 Å². The minimum atomic E-state index is -0.937. The van der Waals surface area contributed by atoms with Crippen LogP contribution in [0.4, 0.5) is 10.1 Å². The van der Waals surface area contributed by atoms with E-state index in [0.717, 1.165) is 49.4 Å². The molecular formula is C20H21FN6O. The highest BCUT2D eigenvalue weighted by Gasteiger charge is 2.51. The summed E-state index contributed by atoms with van der Waals surface area (Å²) in [6, 6.07) is 4.60. The molecule has 7 nitrogen and oxygen atoms in total. The van der Waals surface area contributed by atoms with Crippen LogP contribution in [0.3, 0.4) is 0 Å². The third kappa shape index (κ3) is 2.35. The number of nitrogens with one attached hydrogen (secondary N) is 1. The van der Waals surface area contributed by atoms with E-state index in [-0.39, 0.29) is 29.8 Å². The molecule has 1 N–H and O–H groups in total. The average molecular weight is 380 g/mol. The maximum Gasteiger partial charge on any atom is 0.229 e. The number of carbonyl (C=O) groups is 1. The molecule has 2 aliphatic heterocycles. The first-order valence-corrected chi connectivity index (χ1v) is 10.1. The van der Waals surface area contributed by atoms with Gasteiger partial charge in [-0.15, -0.1) is 0 Å². The van der Waals surface area contributed by atoms with Gasteiger partial charge in [0, 0.05) is 37.3 Å². The number of halogens is 1. The van der Waals surface area contributed by atoms with Crippen molar-refractivity contribution in [3.63, 3.8) is 0 Å². The van der Waals surface area contributed by atoms with E-state index in [9.17, 15) is 9.18 Å². The number of aromatic amines is 1. The van der Waals surface area contributed by atoms with Gasteiger partial charge in [0.15, 0.2) is 5.65 Å². The van der Waals surface area contributed by atoms with Gasteiger partial charge in [0.2, 0.25) is 5.91 Å². The van der Waals surface area contributed by atoms with Gasteiger partial charge in [-0.1, -0.05) is 0 Å². The average Bonchev–Trinajstić information content (AvgIpc) is 3.58. The molecule has 0 radical (unpaired) electrons. The van der Waals surface area contributed by atoms with Gasteiger partial charge in [0.25, 0.3) is 0 Å². The minimum absolute atomic E-state index is 0.0135. The van der Waals surface area contributed by atoms with Crippen molar-refractivity contribution in [2.24, 2.45) is 11.8 Å². The summed E-state index contributed by atoms with van der Waals surface area (Å²) in [5.41, 5.74) is 2.64. The number of H-pyrrole nitrogens is 1. The molecule has 2 saturated heterocycles. The fourth-order valence-electron chi connectivity index (χ4n) is 5.07. The maximum absolute atomic E-state index is 13.4. The fourth-order valence-corrected chi connectivity index (χ4v) is 5.07. The maximum atomic E-state index is 13.4. The molecule has 2 aliphatic carbocycles. The molecule has 0 aromatic carbocycles. The molecule has 2 bridgehead atoms. The SMILES string of the molecule is N#CC1CC1c1nc2nccc(N3CC4CCC(C3)N4C(=O)[C@@H]3C[C@H]3F)c2[nH]1. The number of nitriles is 1. The van der Waals surface area contributed by atoms with Crippen LogP contribution in [0.25, 0.3) is 11.2 Å². The molecule has 4 aliphatic rings. The van der Waals surface area contributed by atoms with Crippen molar-refractivity contribution in [3.8, 4) is 6.07 Å². The first-order chi connectivity index (χ1) is 13.6. The number of amides is 1. The van der Waals surface area contributed by atoms with Crippen molar-refractivity contribution in [1.29, 1.82) is 5.26 Å². The zero-order valence-corrected chi connectivity index (χ0v) is 15.4. The Morgan fingerprint density at radius 2 is 2.04 bits per heavy atom. The molecule has 4 fully saturated rings. The summed E-state index contributed by atoms with van der Waals surface area (Å²) in [7, 11) is 0. The Morgan fingerprint density at radius 1 is 1.29 bits per heavy atom. The largest absolute Gasteiger partial charge is 0.366 e. The minimum Gasteiger partial charge on any atom is -0.366 e. The number of fused-ring (bicyclic) bond motifs is 3. The van der Waals surface area contributed by atoms with E-state index in [4.69, 9.17) is 5.26 Å². The van der Waals surface area contributed by atoms with Gasteiger partial charge in [-0.05, 0) is 31.7 Å². The summed E-state index contributed by atoms with van der Waals surface area (Å²) in [5.74, 6) is 0.700. The van der Waals surface area contributed by atoms with Crippen molar-refractivity contribution in [2.45, 2.75) is 49.9 Å². The van der Waals surface area contributed by atoms with Crippen molar-refractivity contribution < 1.29 is 9.18 Å². The second-order valence-corrected chi connectivity index (χ2v) is 8.62. The molecular weight excluding hydrogens is 359 g/mol. The van der Waals surface area contributed by atoms with Crippen LogP contribution in [0.5, 0.6) is 0 Å². The van der Waals surface area contributed by atoms with E-state index in [0.29, 0.717) is 12.1 Å². The quantitative estimate of drug-likeness (QED) is 0.881. The lowest BCUT2D eigenvalue weighted by atomic mass is 10.1. The van der Waals surface area contributed by atoms with Gasteiger partial charge in [-0.2, -0.15) is 5.26 Å². The van der Waals surface area contributed by atoms with Crippen molar-refractivity contribution in [2.75, 3.05) is 18.0 Å². The third-order valence-electron chi connectivity index (χ3n) is 6.80. The van der Waals surface area contributed by atoms with Gasteiger partial charge in [-0.25, -0.2) is 14.4 Å². The predicted molar refractivity (Wildman–Crippen MR) is 99.2 cm³/mol. The molecule has 2 aromatic rings. The fraction of sp³-hybridized carbons (Fsp3) is 0.600. The lowest BCUT2D eigenvalue weighted by Gasteiger charge is -2.42. The third-order valence-corrected chi connectivity index (χ3v) is 6.80. The molecule has 2 aromatic heterocycles. The molecule has 0 spiro atoms. The summed E-state index contributed by atoms with van der Waals surface area (Å²) in [6.07, 6.45) is 4.04. The lowest BCUT2D eigenvalue weighted by molar-refractivity contribution is -0.136. The highest BCUT2D eigenvalue weighted by atomic mass is 19.1. The Labute approximate surface area is 161 Å². The van der Waals surface area contributed by atoms with E-state index in [1.165, 1.54) is 0 Å². The van der Waals surface area contributed by atoms with Crippen LogP contribution >= 0.6 is 0 Å². The molecule has 4 unspecified atom stereocenters. The second-order valence-electron chi connectivity index (χ2n) is 8.62. The summed E-state index contributed by atoms with van der Waals surface area (Å²) in [5, 5.41) is 9.09. The summed E-state index contributed by atoms with van der Waals surface area (Å²) in [6.45, 7) is 1.51. The molecule has 6 rings (SSSR count). The predicted octanol–water partition coefficient (Wildman–Crippen LogP) is 2.12. The Balaban J connectivity index is 1.28. The Bertz CT molecular complexity index is 1000. The van der Waals surface area contributed by atoms with Gasteiger partial charge in [0.05, 0.1) is 23.6 Å². The van der Waals surface area contributed by atoms with Crippen LogP contribution in [0.2, 0.25) is 0 Å². The van der Waals surface area contributed by atoms with Gasteiger partial charge in [-0.3, -0.25) is 4.79 Å². The van der Waals surface area contributed by atoms with Gasteiger partial charge >= 0.3 is 0 Å². The summed E-state index contributed by atoms with van der Waals surface area (Å²) < 4.78 is 13.4. The number of carbonyl (C=O) groups excluding carboxylic acids is 1. The smallest absolute Gasteiger partial charge is 0.229 e. The molecule has 1 amide bonds. The number of alkyl halides is 1. The molecule has 2 saturated carbocycles. The first-order valence-electron chi connectivity index (χ1n) is 10.1. The number of aromatic nitrogens is 3. The highest BCUT2D eigenvalue weighted by Crippen LogP contribution is 2.46. The molecule has 28 heavy (non-hydrogen) atoms. The number of imidazole rings is 1. The summed E-state index contributed by atoms with van der Waals surface area (Å²) in [4.78, 5) is 29.4. The topological polar surface area (TPSA) is 88.9 Å². The zero-order valence-electron chi connectivity index (χ0n) is 15.4. The number of pyridine rings is 1. The molecule has 4 heterocycles. The standard InChI is InChI=1S/C20H21FN6O/c21-15-6-14(15)20(28)27-11-1-2-12(27)9-26(8-11)16-3-4-23-19-17(16)24-18(25-19)13-5-10(13)7-22/h3-4,10-15H,1-2,5-6,8-9H2,(H,23,24,25)/t10?,11?,12?,13?,14-,15-/m1/s1. The van der Waals surface area contributed by atoms with E-state index in [1.54, 1.807) is 6.20 Å². The van der Waals surface area contributed by atoms with Crippen molar-refractivity contribution >= 4 is 22.8 Å². The van der Waals surface area contributed by atoms with Crippen LogP contribution in [-0.2, 0) is 4.79 Å². The molecule has 8 heteroatoms. The second kappa shape index (κ2) is 5.66. The first kappa shape index (κ1) is 16.3. The van der Waals surface area contributed by atoms with E-state index < -0.39 is 12.1 Å². The zero-order chi connectivity index (χ0) is 19.0. The summed E-state index contributed by atoms with van der Waals surface area (Å²) >= 11 is 0. The van der Waals surface area contributed by atoms with Crippen LogP contribution < -0.4 is 4.90 Å². The Morgan fingerprint density at radius 3 is 2.68 bits per heavy atom. The van der Waals surface area contributed by atoms with Crippen molar-refractivity contribution in [1.82, 2.24) is 19.9 Å². The van der Waals surface area contributed by atoms with Gasteiger partial charge in [0.1, 0.15) is 17.5 Å². The number of hydrogen-bond donors (Lipinski definition) is 1. The number of nitrogens with zero attached hydrogens (tertiary/aromatic N) is 5. The highest BCUT2D eigenvalue weighted by molar-refractivity contribution is 5.87. The number of rotatable bonds is 3. The normalized spacial score (nSPS) is 35.9. The lowest BCUT2D eigenvalue weighted by Crippen LogP contribution is -2.56. The molecule has 6 atom stereocenters. The van der Waals surface area contributed by atoms with Crippen LogP contribution in [0.1, 0.15) is 37.4 Å². The number of anilines is 1. The van der Waals surface area contributed by atoms with Crippen molar-refractivity contribution in [3.05, 3.63) is 18.1 Å². The van der Waals surface area contributed by atoms with E-state index >= 15 is 0 Å². The monoisotopic (exact) mass is 380 g/mol. The Hall–Kier alpha value is -2.69. The van der Waals surface area contributed by atoms with E-state index in [1.807, 2.05) is 11.0 Å².